The summed E-state index contributed by atoms with van der Waals surface area (Å²) in [6, 6.07) is 5.40. The van der Waals surface area contributed by atoms with Gasteiger partial charge in [-0.05, 0) is 62.6 Å². The molecule has 0 aromatic heterocycles. The Kier molecular flexibility index (Phi) is 6.73. The van der Waals surface area contributed by atoms with Crippen molar-refractivity contribution in [1.82, 2.24) is 15.1 Å². The minimum atomic E-state index is -0.401. The molecule has 7 nitrogen and oxygen atoms in total. The van der Waals surface area contributed by atoms with E-state index in [-0.39, 0.29) is 35.6 Å². The second-order valence-corrected chi connectivity index (χ2v) is 9.01. The van der Waals surface area contributed by atoms with E-state index in [1.807, 2.05) is 9.80 Å². The third-order valence-electron chi connectivity index (χ3n) is 6.55. The number of carbonyl (C=O) groups excluding carboxylic acids is 3. The fraction of sp³-hybridized carbons (Fsp3) is 0.609. The highest BCUT2D eigenvalue weighted by Gasteiger charge is 2.37. The highest BCUT2D eigenvalue weighted by Crippen LogP contribution is 2.33. The molecule has 2 aliphatic heterocycles. The Morgan fingerprint density at radius 1 is 0.935 bits per heavy atom. The Labute approximate surface area is 182 Å². The van der Waals surface area contributed by atoms with Crippen LogP contribution < -0.4 is 10.6 Å². The molecule has 0 bridgehead atoms. The monoisotopic (exact) mass is 430 g/mol. The number of anilines is 1. The van der Waals surface area contributed by atoms with Gasteiger partial charge in [0.15, 0.2) is 0 Å². The van der Waals surface area contributed by atoms with Crippen LogP contribution in [0.25, 0.3) is 0 Å². The van der Waals surface area contributed by atoms with E-state index in [1.54, 1.807) is 12.1 Å². The summed E-state index contributed by atoms with van der Waals surface area (Å²) in [6.07, 6.45) is 5.39. The molecule has 0 radical (unpaired) electrons. The van der Waals surface area contributed by atoms with Crippen molar-refractivity contribution in [3.05, 3.63) is 30.1 Å². The van der Waals surface area contributed by atoms with E-state index in [9.17, 15) is 18.8 Å². The second-order valence-electron chi connectivity index (χ2n) is 9.01. The van der Waals surface area contributed by atoms with Gasteiger partial charge in [-0.1, -0.05) is 6.07 Å². The van der Waals surface area contributed by atoms with Crippen LogP contribution >= 0.6 is 0 Å². The number of halogens is 1. The molecular weight excluding hydrogens is 399 g/mol. The van der Waals surface area contributed by atoms with Crippen molar-refractivity contribution in [2.45, 2.75) is 38.5 Å². The largest absolute Gasteiger partial charge is 0.342 e. The first-order chi connectivity index (χ1) is 15.0. The maximum atomic E-state index is 13.2. The third-order valence-corrected chi connectivity index (χ3v) is 6.55. The fourth-order valence-electron chi connectivity index (χ4n) is 4.60. The smallest absolute Gasteiger partial charge is 0.319 e. The van der Waals surface area contributed by atoms with Gasteiger partial charge in [-0.15, -0.1) is 0 Å². The zero-order valence-corrected chi connectivity index (χ0v) is 17.8. The number of nitrogens with zero attached hydrogens (tertiary/aromatic N) is 2. The van der Waals surface area contributed by atoms with Crippen LogP contribution in [-0.2, 0) is 9.59 Å². The first-order valence-corrected chi connectivity index (χ1v) is 11.4. The van der Waals surface area contributed by atoms with E-state index in [0.717, 1.165) is 45.1 Å². The van der Waals surface area contributed by atoms with E-state index < -0.39 is 5.82 Å². The van der Waals surface area contributed by atoms with E-state index in [4.69, 9.17) is 0 Å². The first kappa shape index (κ1) is 21.6. The average Bonchev–Trinajstić information content (AvgIpc) is 3.63. The number of nitrogens with one attached hydrogen (secondary N) is 2. The lowest BCUT2D eigenvalue weighted by Crippen LogP contribution is -2.49. The van der Waals surface area contributed by atoms with E-state index in [0.29, 0.717) is 31.9 Å². The number of hydrogen-bond donors (Lipinski definition) is 2. The van der Waals surface area contributed by atoms with Crippen LogP contribution in [0, 0.1) is 23.6 Å². The first-order valence-electron chi connectivity index (χ1n) is 11.4. The maximum Gasteiger partial charge on any atom is 0.319 e. The van der Waals surface area contributed by atoms with Crippen molar-refractivity contribution in [1.29, 1.82) is 0 Å². The molecule has 31 heavy (non-hydrogen) atoms. The summed E-state index contributed by atoms with van der Waals surface area (Å²) >= 11 is 0. The molecule has 1 unspecified atom stereocenters. The Morgan fingerprint density at radius 3 is 2.35 bits per heavy atom. The summed E-state index contributed by atoms with van der Waals surface area (Å²) in [6.45, 7) is 3.24. The number of hydrogen-bond acceptors (Lipinski definition) is 3. The molecule has 1 saturated carbocycles. The molecular formula is C23H31FN4O3. The number of amides is 4. The van der Waals surface area contributed by atoms with Crippen LogP contribution in [0.3, 0.4) is 0 Å². The van der Waals surface area contributed by atoms with E-state index in [1.165, 1.54) is 12.1 Å². The van der Waals surface area contributed by atoms with Crippen molar-refractivity contribution in [3.63, 3.8) is 0 Å². The second kappa shape index (κ2) is 9.66. The molecule has 8 heteroatoms. The third kappa shape index (κ3) is 5.74. The quantitative estimate of drug-likeness (QED) is 0.754. The van der Waals surface area contributed by atoms with Crippen LogP contribution in [0.15, 0.2) is 24.3 Å². The molecule has 3 fully saturated rings. The summed E-state index contributed by atoms with van der Waals surface area (Å²) in [5.74, 6) is 0.486. The van der Waals surface area contributed by atoms with Crippen LogP contribution in [-0.4, -0.2) is 60.4 Å². The minimum absolute atomic E-state index is 0.00811. The van der Waals surface area contributed by atoms with Crippen molar-refractivity contribution in [2.75, 3.05) is 38.0 Å². The lowest BCUT2D eigenvalue weighted by Gasteiger charge is -2.38. The predicted molar refractivity (Wildman–Crippen MR) is 115 cm³/mol. The van der Waals surface area contributed by atoms with Gasteiger partial charge in [0.05, 0.1) is 0 Å². The Hall–Kier alpha value is -2.64. The van der Waals surface area contributed by atoms with E-state index in [2.05, 4.69) is 10.6 Å². The fourth-order valence-corrected chi connectivity index (χ4v) is 4.60. The molecule has 0 spiro atoms. The number of carbonyl (C=O) groups is 3. The SMILES string of the molecule is O=C(NCC1CCCN(C(=O)C2CCN(C(=O)C3CC3)CC2)C1)Nc1cccc(F)c1. The number of urea groups is 1. The van der Waals surface area contributed by atoms with Gasteiger partial charge in [-0.3, -0.25) is 9.59 Å². The van der Waals surface area contributed by atoms with Crippen molar-refractivity contribution >= 4 is 23.5 Å². The van der Waals surface area contributed by atoms with Gasteiger partial charge in [0, 0.05) is 50.2 Å². The summed E-state index contributed by atoms with van der Waals surface area (Å²) in [5, 5.41) is 5.47. The lowest BCUT2D eigenvalue weighted by molar-refractivity contribution is -0.142. The van der Waals surface area contributed by atoms with Crippen molar-refractivity contribution in [3.8, 4) is 0 Å². The van der Waals surface area contributed by atoms with Gasteiger partial charge in [0.1, 0.15) is 5.82 Å². The Morgan fingerprint density at radius 2 is 1.65 bits per heavy atom. The summed E-state index contributed by atoms with van der Waals surface area (Å²) in [5.41, 5.74) is 0.407. The molecule has 1 atom stereocenters. The van der Waals surface area contributed by atoms with Gasteiger partial charge >= 0.3 is 6.03 Å². The highest BCUT2D eigenvalue weighted by atomic mass is 19.1. The van der Waals surface area contributed by atoms with E-state index >= 15 is 0 Å². The molecule has 2 heterocycles. The van der Waals surface area contributed by atoms with Gasteiger partial charge in [0.2, 0.25) is 11.8 Å². The molecule has 2 N–H and O–H groups in total. The minimum Gasteiger partial charge on any atom is -0.342 e. The zero-order valence-electron chi connectivity index (χ0n) is 17.8. The number of likely N-dealkylation sites (tertiary alicyclic amines) is 2. The lowest BCUT2D eigenvalue weighted by atomic mass is 9.92. The van der Waals surface area contributed by atoms with Crippen LogP contribution in [0.4, 0.5) is 14.9 Å². The summed E-state index contributed by atoms with van der Waals surface area (Å²) in [4.78, 5) is 41.2. The molecule has 2 saturated heterocycles. The Balaban J connectivity index is 1.20. The number of benzene rings is 1. The average molecular weight is 431 g/mol. The molecule has 1 aromatic carbocycles. The summed E-state index contributed by atoms with van der Waals surface area (Å²) < 4.78 is 13.2. The zero-order chi connectivity index (χ0) is 21.8. The molecule has 4 amide bonds. The molecule has 4 rings (SSSR count). The van der Waals surface area contributed by atoms with Crippen molar-refractivity contribution in [2.24, 2.45) is 17.8 Å². The number of piperidine rings is 2. The predicted octanol–water partition coefficient (Wildman–Crippen LogP) is 2.83. The molecule has 1 aliphatic carbocycles. The molecule has 3 aliphatic rings. The van der Waals surface area contributed by atoms with Crippen molar-refractivity contribution < 1.29 is 18.8 Å². The topological polar surface area (TPSA) is 81.8 Å². The van der Waals surface area contributed by atoms with Gasteiger partial charge in [-0.25, -0.2) is 9.18 Å². The summed E-state index contributed by atoms with van der Waals surface area (Å²) in [7, 11) is 0. The van der Waals surface area contributed by atoms with Gasteiger partial charge in [-0.2, -0.15) is 0 Å². The standard InChI is InChI=1S/C23H31FN4O3/c24-19-4-1-5-20(13-19)26-23(31)25-14-16-3-2-10-28(15-16)22(30)18-8-11-27(12-9-18)21(29)17-6-7-17/h1,4-5,13,16-18H,2-3,6-12,14-15H2,(H2,25,26,31). The Bertz CT molecular complexity index is 821. The van der Waals surface area contributed by atoms with Crippen LogP contribution in [0.2, 0.25) is 0 Å². The molecule has 168 valence electrons. The van der Waals surface area contributed by atoms with Crippen LogP contribution in [0.5, 0.6) is 0 Å². The van der Waals surface area contributed by atoms with Gasteiger partial charge < -0.3 is 20.4 Å². The van der Waals surface area contributed by atoms with Gasteiger partial charge in [0.25, 0.3) is 0 Å². The molecule has 1 aromatic rings. The normalized spacial score (nSPS) is 22.2. The number of rotatable bonds is 5. The highest BCUT2D eigenvalue weighted by molar-refractivity contribution is 5.89. The van der Waals surface area contributed by atoms with Crippen LogP contribution in [0.1, 0.15) is 38.5 Å². The maximum absolute atomic E-state index is 13.2.